The van der Waals surface area contributed by atoms with Crippen molar-refractivity contribution in [1.82, 2.24) is 0 Å². The number of carbonyl (C=O) groups is 2. The van der Waals surface area contributed by atoms with Crippen molar-refractivity contribution in [1.29, 1.82) is 0 Å². The molecule has 26 heavy (non-hydrogen) atoms. The average molecular weight is 354 g/mol. The molecule has 0 radical (unpaired) electrons. The minimum atomic E-state index is -0.562. The largest absolute Gasteiger partial charge is 0.452 e. The predicted octanol–water partition coefficient (Wildman–Crippen LogP) is 3.27. The summed E-state index contributed by atoms with van der Waals surface area (Å²) in [5.74, 6) is -1.12. The summed E-state index contributed by atoms with van der Waals surface area (Å²) in [6.45, 7) is -0.460. The normalized spacial score (nSPS) is 12.8. The molecule has 0 unspecified atom stereocenters. The van der Waals surface area contributed by atoms with Crippen LogP contribution in [0.25, 0.3) is 0 Å². The molecule has 1 amide bonds. The second-order valence-corrected chi connectivity index (χ2v) is 6.12. The van der Waals surface area contributed by atoms with Crippen molar-refractivity contribution < 1.29 is 19.2 Å². The number of non-ortho nitro benzene ring substituents is 1. The Morgan fingerprint density at radius 3 is 2.62 bits per heavy atom. The number of fused-ring (bicyclic) bond motifs is 1. The van der Waals surface area contributed by atoms with Crippen molar-refractivity contribution in [3.8, 4) is 0 Å². The van der Waals surface area contributed by atoms with Crippen LogP contribution in [-0.2, 0) is 22.4 Å². The van der Waals surface area contributed by atoms with Crippen LogP contribution in [0.2, 0.25) is 0 Å². The number of hydrogen-bond donors (Lipinski definition) is 1. The van der Waals surface area contributed by atoms with Gasteiger partial charge in [-0.2, -0.15) is 0 Å². The first-order chi connectivity index (χ1) is 12.5. The van der Waals surface area contributed by atoms with Crippen LogP contribution in [0.1, 0.15) is 34.3 Å². The number of amides is 1. The first kappa shape index (κ1) is 17.6. The molecule has 0 saturated carbocycles. The maximum atomic E-state index is 12.1. The molecule has 0 fully saturated rings. The van der Waals surface area contributed by atoms with E-state index in [1.165, 1.54) is 29.8 Å². The Bertz CT molecular complexity index is 863. The highest BCUT2D eigenvalue weighted by Crippen LogP contribution is 2.22. The standard InChI is InChI=1S/C19H18N2O5/c22-18(20-16-6-3-7-17(11-16)21(24)25)12-26-19(23)15-9-8-13-4-1-2-5-14(13)10-15/h3,6-11H,1-2,4-5,12H2,(H,20,22). The summed E-state index contributed by atoms with van der Waals surface area (Å²) < 4.78 is 5.05. The van der Waals surface area contributed by atoms with Crippen molar-refractivity contribution in [3.63, 3.8) is 0 Å². The van der Waals surface area contributed by atoms with E-state index in [9.17, 15) is 19.7 Å². The van der Waals surface area contributed by atoms with Crippen LogP contribution in [0.15, 0.2) is 42.5 Å². The van der Waals surface area contributed by atoms with Crippen molar-refractivity contribution >= 4 is 23.3 Å². The third-order valence-electron chi connectivity index (χ3n) is 4.26. The molecule has 2 aromatic rings. The third kappa shape index (κ3) is 4.24. The van der Waals surface area contributed by atoms with Crippen molar-refractivity contribution in [2.45, 2.75) is 25.7 Å². The number of carbonyl (C=O) groups excluding carboxylic acids is 2. The lowest BCUT2D eigenvalue weighted by molar-refractivity contribution is -0.384. The van der Waals surface area contributed by atoms with Gasteiger partial charge >= 0.3 is 5.97 Å². The lowest BCUT2D eigenvalue weighted by atomic mass is 9.90. The summed E-state index contributed by atoms with van der Waals surface area (Å²) in [6.07, 6.45) is 4.24. The van der Waals surface area contributed by atoms with Crippen LogP contribution in [0.5, 0.6) is 0 Å². The fourth-order valence-corrected chi connectivity index (χ4v) is 2.97. The third-order valence-corrected chi connectivity index (χ3v) is 4.26. The molecule has 3 rings (SSSR count). The molecule has 0 bridgehead atoms. The van der Waals surface area contributed by atoms with Crippen LogP contribution >= 0.6 is 0 Å². The zero-order valence-electron chi connectivity index (χ0n) is 14.1. The number of nitro groups is 1. The molecule has 2 aromatic carbocycles. The number of rotatable bonds is 5. The molecule has 1 N–H and O–H groups in total. The highest BCUT2D eigenvalue weighted by Gasteiger charge is 2.15. The summed E-state index contributed by atoms with van der Waals surface area (Å²) in [7, 11) is 0. The molecule has 7 nitrogen and oxygen atoms in total. The van der Waals surface area contributed by atoms with Crippen LogP contribution in [-0.4, -0.2) is 23.4 Å². The number of esters is 1. The Labute approximate surface area is 150 Å². The van der Waals surface area contributed by atoms with Crippen molar-refractivity contribution in [2.24, 2.45) is 0 Å². The number of ether oxygens (including phenoxy) is 1. The van der Waals surface area contributed by atoms with E-state index in [4.69, 9.17) is 4.74 Å². The Balaban J connectivity index is 1.56. The van der Waals surface area contributed by atoms with Crippen LogP contribution in [0, 0.1) is 10.1 Å². The van der Waals surface area contributed by atoms with Gasteiger partial charge in [-0.3, -0.25) is 14.9 Å². The highest BCUT2D eigenvalue weighted by atomic mass is 16.6. The lowest BCUT2D eigenvalue weighted by Crippen LogP contribution is -2.21. The quantitative estimate of drug-likeness (QED) is 0.505. The summed E-state index contributed by atoms with van der Waals surface area (Å²) in [5, 5.41) is 13.2. The lowest BCUT2D eigenvalue weighted by Gasteiger charge is -2.16. The first-order valence-corrected chi connectivity index (χ1v) is 8.36. The molecule has 7 heteroatoms. The van der Waals surface area contributed by atoms with Crippen LogP contribution in [0.3, 0.4) is 0 Å². The van der Waals surface area contributed by atoms with Crippen LogP contribution < -0.4 is 5.32 Å². The number of benzene rings is 2. The van der Waals surface area contributed by atoms with Gasteiger partial charge in [0, 0.05) is 17.8 Å². The smallest absolute Gasteiger partial charge is 0.338 e. The van der Waals surface area contributed by atoms with E-state index in [-0.39, 0.29) is 11.4 Å². The SMILES string of the molecule is O=C(COC(=O)c1ccc2c(c1)CCCC2)Nc1cccc([N+](=O)[O-])c1. The maximum absolute atomic E-state index is 12.1. The Morgan fingerprint density at radius 2 is 1.85 bits per heavy atom. The topological polar surface area (TPSA) is 98.5 Å². The molecule has 0 aliphatic heterocycles. The van der Waals surface area contributed by atoms with Gasteiger partial charge < -0.3 is 10.1 Å². The molecule has 1 aliphatic carbocycles. The number of hydrogen-bond acceptors (Lipinski definition) is 5. The maximum Gasteiger partial charge on any atom is 0.338 e. The summed E-state index contributed by atoms with van der Waals surface area (Å²) in [4.78, 5) is 34.2. The van der Waals surface area contributed by atoms with E-state index in [0.717, 1.165) is 31.2 Å². The number of anilines is 1. The van der Waals surface area contributed by atoms with Gasteiger partial charge in [0.25, 0.3) is 11.6 Å². The minimum Gasteiger partial charge on any atom is -0.452 e. The molecule has 0 aromatic heterocycles. The predicted molar refractivity (Wildman–Crippen MR) is 95.1 cm³/mol. The molecule has 0 atom stereocenters. The van der Waals surface area contributed by atoms with E-state index in [1.54, 1.807) is 6.07 Å². The molecule has 0 saturated heterocycles. The Morgan fingerprint density at radius 1 is 1.08 bits per heavy atom. The zero-order valence-corrected chi connectivity index (χ0v) is 14.1. The average Bonchev–Trinajstić information content (AvgIpc) is 2.66. The Hall–Kier alpha value is -3.22. The van der Waals surface area contributed by atoms with Gasteiger partial charge in [0.2, 0.25) is 0 Å². The highest BCUT2D eigenvalue weighted by molar-refractivity contribution is 5.95. The van der Waals surface area contributed by atoms with E-state index in [0.29, 0.717) is 5.56 Å². The van der Waals surface area contributed by atoms with E-state index in [1.807, 2.05) is 12.1 Å². The molecular weight excluding hydrogens is 336 g/mol. The second kappa shape index (κ2) is 7.77. The van der Waals surface area contributed by atoms with E-state index in [2.05, 4.69) is 5.32 Å². The summed E-state index contributed by atoms with van der Waals surface area (Å²) in [5.41, 5.74) is 2.99. The molecule has 0 spiro atoms. The monoisotopic (exact) mass is 354 g/mol. The van der Waals surface area contributed by atoms with Gasteiger partial charge in [-0.15, -0.1) is 0 Å². The second-order valence-electron chi connectivity index (χ2n) is 6.12. The van der Waals surface area contributed by atoms with Gasteiger partial charge in [-0.1, -0.05) is 12.1 Å². The fraction of sp³-hybridized carbons (Fsp3) is 0.263. The van der Waals surface area contributed by atoms with Gasteiger partial charge in [0.05, 0.1) is 10.5 Å². The number of nitro benzene ring substituents is 1. The van der Waals surface area contributed by atoms with Gasteiger partial charge in [-0.05, 0) is 55.0 Å². The van der Waals surface area contributed by atoms with Crippen LogP contribution in [0.4, 0.5) is 11.4 Å². The summed E-state index contributed by atoms with van der Waals surface area (Å²) >= 11 is 0. The van der Waals surface area contributed by atoms with E-state index >= 15 is 0 Å². The van der Waals surface area contributed by atoms with Gasteiger partial charge in [0.15, 0.2) is 6.61 Å². The van der Waals surface area contributed by atoms with Gasteiger partial charge in [-0.25, -0.2) is 4.79 Å². The molecular formula is C19H18N2O5. The fourth-order valence-electron chi connectivity index (χ4n) is 2.97. The van der Waals surface area contributed by atoms with E-state index < -0.39 is 23.4 Å². The Kier molecular flexibility index (Phi) is 5.26. The van der Waals surface area contributed by atoms with Gasteiger partial charge in [0.1, 0.15) is 0 Å². The summed E-state index contributed by atoms with van der Waals surface area (Å²) in [6, 6.07) is 11.0. The minimum absolute atomic E-state index is 0.131. The van der Waals surface area contributed by atoms with Crippen molar-refractivity contribution in [3.05, 3.63) is 69.3 Å². The zero-order chi connectivity index (χ0) is 18.5. The molecule has 1 aliphatic rings. The van der Waals surface area contributed by atoms with Crippen molar-refractivity contribution in [2.75, 3.05) is 11.9 Å². The first-order valence-electron chi connectivity index (χ1n) is 8.36. The number of nitrogens with zero attached hydrogens (tertiary/aromatic N) is 1. The number of aryl methyl sites for hydroxylation is 2. The molecule has 134 valence electrons. The number of nitrogens with one attached hydrogen (secondary N) is 1. The molecule has 0 heterocycles.